The highest BCUT2D eigenvalue weighted by Crippen LogP contribution is 2.27. The van der Waals surface area contributed by atoms with Crippen LogP contribution in [0.2, 0.25) is 0 Å². The van der Waals surface area contributed by atoms with Gasteiger partial charge in [-0.2, -0.15) is 0 Å². The highest BCUT2D eigenvalue weighted by atomic mass is 31.2. The first-order chi connectivity index (χ1) is 6.35. The van der Waals surface area contributed by atoms with Gasteiger partial charge in [0.1, 0.15) is 5.60 Å². The molecule has 0 saturated heterocycles. The number of ether oxygens (including phenoxy) is 1. The van der Waals surface area contributed by atoms with E-state index < -0.39 is 20.1 Å². The molecule has 1 atom stereocenters. The van der Waals surface area contributed by atoms with Crippen LogP contribution in [0.25, 0.3) is 0 Å². The number of nitrogens with one attached hydrogen (secondary N) is 1. The maximum absolute atomic E-state index is 11.1. The molecule has 1 unspecified atom stereocenters. The van der Waals surface area contributed by atoms with Crippen LogP contribution in [0.5, 0.6) is 0 Å². The Bertz CT molecular complexity index is 181. The molecule has 6 heteroatoms. The molecule has 0 aromatic heterocycles. The van der Waals surface area contributed by atoms with Gasteiger partial charge < -0.3 is 19.5 Å². The van der Waals surface area contributed by atoms with E-state index in [-0.39, 0.29) is 0 Å². The molecule has 0 rings (SSSR count). The van der Waals surface area contributed by atoms with Crippen molar-refractivity contribution in [2.24, 2.45) is 0 Å². The fourth-order valence-corrected chi connectivity index (χ4v) is 1.14. The third kappa shape index (κ3) is 8.23. The Hall–Kier alpha value is -0.380. The summed E-state index contributed by atoms with van der Waals surface area (Å²) >= 11 is 0. The quantitative estimate of drug-likeness (QED) is 0.708. The van der Waals surface area contributed by atoms with Crippen LogP contribution in [0.15, 0.2) is 0 Å². The van der Waals surface area contributed by atoms with Crippen LogP contribution in [-0.2, 0) is 9.26 Å². The smallest absolute Gasteiger partial charge is 0.407 e. The Labute approximate surface area is 85.7 Å². The van der Waals surface area contributed by atoms with E-state index in [1.807, 2.05) is 0 Å². The lowest BCUT2D eigenvalue weighted by molar-refractivity contribution is 0.0531. The first-order valence-electron chi connectivity index (χ1n) is 4.32. The van der Waals surface area contributed by atoms with Crippen molar-refractivity contribution >= 4 is 14.5 Å². The van der Waals surface area contributed by atoms with Gasteiger partial charge in [-0.25, -0.2) is 4.79 Å². The van der Waals surface area contributed by atoms with E-state index in [0.29, 0.717) is 12.7 Å². The molecular formula is C8H18NO4P. The first kappa shape index (κ1) is 13.6. The molecule has 0 aliphatic heterocycles. The van der Waals surface area contributed by atoms with Crippen molar-refractivity contribution in [2.75, 3.05) is 19.8 Å². The molecule has 0 bridgehead atoms. The maximum Gasteiger partial charge on any atom is 0.407 e. The number of rotatable bonds is 4. The maximum atomic E-state index is 11.1. The number of hydrogen-bond acceptors (Lipinski definition) is 4. The lowest BCUT2D eigenvalue weighted by Gasteiger charge is -2.19. The predicted octanol–water partition coefficient (Wildman–Crippen LogP) is 1.46. The molecule has 5 nitrogen and oxygen atoms in total. The van der Waals surface area contributed by atoms with Crippen molar-refractivity contribution in [3.05, 3.63) is 0 Å². The average molecular weight is 223 g/mol. The lowest BCUT2D eigenvalue weighted by atomic mass is 10.2. The minimum atomic E-state index is -1.41. The number of carbonyl (C=O) groups excluding carboxylic acids is 1. The summed E-state index contributed by atoms with van der Waals surface area (Å²) in [6.45, 7) is 5.73. The zero-order valence-corrected chi connectivity index (χ0v) is 9.93. The molecule has 0 aliphatic rings. The topological polar surface area (TPSA) is 67.8 Å². The van der Waals surface area contributed by atoms with Crippen molar-refractivity contribution in [2.45, 2.75) is 26.4 Å². The van der Waals surface area contributed by atoms with Gasteiger partial charge in [0.05, 0.1) is 0 Å². The molecule has 0 saturated carbocycles. The summed E-state index contributed by atoms with van der Waals surface area (Å²) in [5.74, 6) is 0. The molecule has 14 heavy (non-hydrogen) atoms. The van der Waals surface area contributed by atoms with Gasteiger partial charge in [-0.3, -0.25) is 0 Å². The van der Waals surface area contributed by atoms with E-state index in [1.54, 1.807) is 20.8 Å². The SMILES string of the molecule is COP(O)CCNC(=O)OC(C)(C)C. The summed E-state index contributed by atoms with van der Waals surface area (Å²) in [6, 6.07) is 0. The molecule has 84 valence electrons. The van der Waals surface area contributed by atoms with Crippen LogP contribution < -0.4 is 5.32 Å². The molecule has 0 heterocycles. The number of alkyl carbamates (subject to hydrolysis) is 1. The van der Waals surface area contributed by atoms with Crippen LogP contribution in [-0.4, -0.2) is 36.4 Å². The van der Waals surface area contributed by atoms with Crippen LogP contribution >= 0.6 is 8.38 Å². The zero-order valence-electron chi connectivity index (χ0n) is 9.03. The highest BCUT2D eigenvalue weighted by Gasteiger charge is 2.15. The molecule has 0 aromatic rings. The Balaban J connectivity index is 3.55. The van der Waals surface area contributed by atoms with Gasteiger partial charge in [0.15, 0.2) is 8.38 Å². The minimum absolute atomic E-state index is 0.352. The molecule has 0 fully saturated rings. The Morgan fingerprint density at radius 3 is 2.50 bits per heavy atom. The summed E-state index contributed by atoms with van der Waals surface area (Å²) in [6.07, 6.45) is -0.0672. The highest BCUT2D eigenvalue weighted by molar-refractivity contribution is 7.46. The summed E-state index contributed by atoms with van der Waals surface area (Å²) in [4.78, 5) is 20.1. The van der Waals surface area contributed by atoms with Crippen LogP contribution in [0.4, 0.5) is 4.79 Å². The van der Waals surface area contributed by atoms with Gasteiger partial charge >= 0.3 is 6.09 Å². The predicted molar refractivity (Wildman–Crippen MR) is 55.3 cm³/mol. The molecule has 0 aliphatic carbocycles. The molecular weight excluding hydrogens is 205 g/mol. The standard InChI is InChI=1S/C8H18NO4P/c1-8(2,3)13-7(10)9-5-6-14(11)12-4/h11H,5-6H2,1-4H3,(H,9,10). The average Bonchev–Trinajstić information content (AvgIpc) is 2.00. The van der Waals surface area contributed by atoms with Crippen molar-refractivity contribution in [1.29, 1.82) is 0 Å². The third-order valence-electron chi connectivity index (χ3n) is 1.18. The lowest BCUT2D eigenvalue weighted by Crippen LogP contribution is -2.33. The van der Waals surface area contributed by atoms with E-state index in [4.69, 9.17) is 9.63 Å². The van der Waals surface area contributed by atoms with Crippen LogP contribution in [0.3, 0.4) is 0 Å². The fourth-order valence-electron chi connectivity index (χ4n) is 0.659. The second kappa shape index (κ2) is 6.17. The zero-order chi connectivity index (χ0) is 11.2. The third-order valence-corrected chi connectivity index (χ3v) is 2.21. The van der Waals surface area contributed by atoms with Crippen molar-refractivity contribution in [1.82, 2.24) is 5.32 Å². The molecule has 2 N–H and O–H groups in total. The number of amides is 1. The molecule has 0 radical (unpaired) electrons. The van der Waals surface area contributed by atoms with Gasteiger partial charge in [0.2, 0.25) is 0 Å². The van der Waals surface area contributed by atoms with E-state index >= 15 is 0 Å². The fraction of sp³-hybridized carbons (Fsp3) is 0.875. The second-order valence-corrected chi connectivity index (χ2v) is 5.20. The number of hydrogen-bond donors (Lipinski definition) is 2. The van der Waals surface area contributed by atoms with E-state index in [2.05, 4.69) is 9.84 Å². The van der Waals surface area contributed by atoms with Crippen molar-refractivity contribution in [3.8, 4) is 0 Å². The van der Waals surface area contributed by atoms with Gasteiger partial charge in [-0.15, -0.1) is 0 Å². The van der Waals surface area contributed by atoms with Crippen LogP contribution in [0, 0.1) is 0 Å². The summed E-state index contributed by atoms with van der Waals surface area (Å²) in [5, 5.41) is 2.52. The van der Waals surface area contributed by atoms with Gasteiger partial charge in [-0.1, -0.05) is 0 Å². The monoisotopic (exact) mass is 223 g/mol. The number of carbonyl (C=O) groups is 1. The van der Waals surface area contributed by atoms with E-state index in [1.165, 1.54) is 7.11 Å². The van der Waals surface area contributed by atoms with Crippen molar-refractivity contribution < 1.29 is 18.9 Å². The summed E-state index contributed by atoms with van der Waals surface area (Å²) < 4.78 is 9.65. The van der Waals surface area contributed by atoms with Gasteiger partial charge in [0.25, 0.3) is 0 Å². The van der Waals surface area contributed by atoms with E-state index in [9.17, 15) is 4.79 Å². The summed E-state index contributed by atoms with van der Waals surface area (Å²) in [7, 11) is 0.0174. The normalized spacial score (nSPS) is 13.5. The van der Waals surface area contributed by atoms with Gasteiger partial charge in [-0.05, 0) is 20.8 Å². The molecule has 0 spiro atoms. The van der Waals surface area contributed by atoms with Crippen molar-refractivity contribution in [3.63, 3.8) is 0 Å². The Kier molecular flexibility index (Phi) is 6.00. The Morgan fingerprint density at radius 2 is 2.07 bits per heavy atom. The second-order valence-electron chi connectivity index (χ2n) is 3.69. The van der Waals surface area contributed by atoms with Crippen LogP contribution in [0.1, 0.15) is 20.8 Å². The molecule has 0 aromatic carbocycles. The van der Waals surface area contributed by atoms with Gasteiger partial charge in [0, 0.05) is 19.8 Å². The summed E-state index contributed by atoms with van der Waals surface area (Å²) in [5.41, 5.74) is -0.491. The molecule has 1 amide bonds. The van der Waals surface area contributed by atoms with E-state index in [0.717, 1.165) is 0 Å². The first-order valence-corrected chi connectivity index (χ1v) is 5.72. The minimum Gasteiger partial charge on any atom is -0.444 e. The Morgan fingerprint density at radius 1 is 1.50 bits per heavy atom. The largest absolute Gasteiger partial charge is 0.444 e.